The molecule has 1 fully saturated rings. The van der Waals surface area contributed by atoms with E-state index in [0.717, 1.165) is 44.9 Å². The van der Waals surface area contributed by atoms with Gasteiger partial charge in [-0.05, 0) is 43.0 Å². The SMILES string of the molecule is CCCCCCCCCCCC(=O)N(C1CCCC1)C1C=C(C(=O)NCCO)C2c3cc(CO)cc(OC)c3OC2C1O. The fraction of sp³-hybridized carbons (Fsp3) is 0.706. The number of aliphatic hydroxyl groups excluding tert-OH is 3. The molecule has 1 aliphatic heterocycles. The Labute approximate surface area is 256 Å². The van der Waals surface area contributed by atoms with Crippen molar-refractivity contribution in [2.24, 2.45) is 0 Å². The number of amides is 2. The number of fused-ring (bicyclic) bond motifs is 3. The maximum atomic E-state index is 13.9. The third kappa shape index (κ3) is 7.91. The van der Waals surface area contributed by atoms with Gasteiger partial charge in [-0.1, -0.05) is 71.1 Å². The summed E-state index contributed by atoms with van der Waals surface area (Å²) in [6.07, 6.45) is 14.6. The zero-order valence-electron chi connectivity index (χ0n) is 26.1. The first-order valence-corrected chi connectivity index (χ1v) is 16.5. The Morgan fingerprint density at radius 2 is 1.70 bits per heavy atom. The summed E-state index contributed by atoms with van der Waals surface area (Å²) in [5.74, 6) is -0.117. The lowest BCUT2D eigenvalue weighted by atomic mass is 9.77. The van der Waals surface area contributed by atoms with Gasteiger partial charge >= 0.3 is 0 Å². The maximum Gasteiger partial charge on any atom is 0.247 e. The molecule has 43 heavy (non-hydrogen) atoms. The smallest absolute Gasteiger partial charge is 0.247 e. The van der Waals surface area contributed by atoms with Crippen LogP contribution in [0.3, 0.4) is 0 Å². The topological polar surface area (TPSA) is 129 Å². The van der Waals surface area contributed by atoms with Gasteiger partial charge in [0.1, 0.15) is 12.2 Å². The van der Waals surface area contributed by atoms with Crippen LogP contribution in [0.25, 0.3) is 0 Å². The lowest BCUT2D eigenvalue weighted by Gasteiger charge is -2.43. The Kier molecular flexibility index (Phi) is 12.7. The van der Waals surface area contributed by atoms with Crippen LogP contribution in [0.1, 0.15) is 114 Å². The molecule has 0 bridgehead atoms. The molecule has 2 amide bonds. The molecule has 1 aromatic carbocycles. The second-order valence-electron chi connectivity index (χ2n) is 12.3. The Balaban J connectivity index is 1.57. The van der Waals surface area contributed by atoms with Crippen LogP contribution in [0.4, 0.5) is 0 Å². The molecule has 4 N–H and O–H groups in total. The fourth-order valence-electron chi connectivity index (χ4n) is 7.10. The van der Waals surface area contributed by atoms with E-state index >= 15 is 0 Å². The summed E-state index contributed by atoms with van der Waals surface area (Å²) in [5, 5.41) is 33.9. The molecule has 4 rings (SSSR count). The highest BCUT2D eigenvalue weighted by Crippen LogP contribution is 2.51. The lowest BCUT2D eigenvalue weighted by molar-refractivity contribution is -0.140. The van der Waals surface area contributed by atoms with Gasteiger partial charge in [0.2, 0.25) is 11.8 Å². The number of carbonyl (C=O) groups is 2. The van der Waals surface area contributed by atoms with Crippen LogP contribution in [-0.2, 0) is 16.2 Å². The minimum atomic E-state index is -1.07. The molecule has 4 unspecified atom stereocenters. The molecule has 3 aliphatic rings. The van der Waals surface area contributed by atoms with E-state index in [9.17, 15) is 24.9 Å². The van der Waals surface area contributed by atoms with Crippen LogP contribution in [0.2, 0.25) is 0 Å². The minimum absolute atomic E-state index is 0.000394. The monoisotopic (exact) mass is 600 g/mol. The third-order valence-corrected chi connectivity index (χ3v) is 9.32. The summed E-state index contributed by atoms with van der Waals surface area (Å²) in [7, 11) is 1.51. The molecule has 0 radical (unpaired) electrons. The van der Waals surface area contributed by atoms with Gasteiger partial charge in [0.25, 0.3) is 0 Å². The predicted octanol–water partition coefficient (Wildman–Crippen LogP) is 4.50. The molecule has 1 saturated carbocycles. The molecule has 0 saturated heterocycles. The molecule has 240 valence electrons. The van der Waals surface area contributed by atoms with E-state index in [4.69, 9.17) is 9.47 Å². The van der Waals surface area contributed by atoms with Crippen LogP contribution < -0.4 is 14.8 Å². The average Bonchev–Trinajstić information content (AvgIpc) is 3.68. The van der Waals surface area contributed by atoms with Crippen molar-refractivity contribution < 1.29 is 34.4 Å². The highest BCUT2D eigenvalue weighted by Gasteiger charge is 2.52. The van der Waals surface area contributed by atoms with Gasteiger partial charge in [-0.15, -0.1) is 0 Å². The number of rotatable bonds is 17. The van der Waals surface area contributed by atoms with Crippen LogP contribution >= 0.6 is 0 Å². The molecular formula is C34H52N2O7. The number of aliphatic hydroxyl groups is 3. The Hall–Kier alpha value is -2.62. The quantitative estimate of drug-likeness (QED) is 0.194. The molecule has 1 aromatic rings. The first-order valence-electron chi connectivity index (χ1n) is 16.5. The van der Waals surface area contributed by atoms with Gasteiger partial charge < -0.3 is 35.0 Å². The predicted molar refractivity (Wildman–Crippen MR) is 165 cm³/mol. The van der Waals surface area contributed by atoms with Crippen LogP contribution in [0.5, 0.6) is 11.5 Å². The van der Waals surface area contributed by atoms with Crippen LogP contribution in [-0.4, -0.2) is 76.6 Å². The van der Waals surface area contributed by atoms with Crippen LogP contribution in [0.15, 0.2) is 23.8 Å². The molecule has 2 aliphatic carbocycles. The first-order chi connectivity index (χ1) is 20.9. The van der Waals surface area contributed by atoms with Crippen molar-refractivity contribution in [2.45, 2.75) is 134 Å². The van der Waals surface area contributed by atoms with E-state index in [2.05, 4.69) is 12.2 Å². The molecule has 9 heteroatoms. The van der Waals surface area contributed by atoms with Crippen LogP contribution in [0, 0.1) is 0 Å². The molecule has 0 aromatic heterocycles. The lowest BCUT2D eigenvalue weighted by Crippen LogP contribution is -2.58. The summed E-state index contributed by atoms with van der Waals surface area (Å²) in [6, 6.07) is 2.75. The van der Waals surface area contributed by atoms with E-state index in [0.29, 0.717) is 34.6 Å². The van der Waals surface area contributed by atoms with Crippen molar-refractivity contribution in [3.8, 4) is 11.5 Å². The van der Waals surface area contributed by atoms with E-state index in [-0.39, 0.29) is 37.6 Å². The summed E-state index contributed by atoms with van der Waals surface area (Å²) < 4.78 is 11.9. The highest BCUT2D eigenvalue weighted by atomic mass is 16.5. The second-order valence-corrected chi connectivity index (χ2v) is 12.3. The Morgan fingerprint density at radius 1 is 1.02 bits per heavy atom. The summed E-state index contributed by atoms with van der Waals surface area (Å²) in [4.78, 5) is 29.3. The molecular weight excluding hydrogens is 548 g/mol. The number of methoxy groups -OCH3 is 1. The van der Waals surface area contributed by atoms with Gasteiger partial charge in [0.15, 0.2) is 11.5 Å². The Morgan fingerprint density at radius 3 is 2.33 bits per heavy atom. The summed E-state index contributed by atoms with van der Waals surface area (Å²) in [6.45, 7) is 1.88. The van der Waals surface area contributed by atoms with Gasteiger partial charge in [0, 0.05) is 30.1 Å². The number of nitrogens with one attached hydrogen (secondary N) is 1. The molecule has 1 heterocycles. The second kappa shape index (κ2) is 16.5. The van der Waals surface area contributed by atoms with E-state index < -0.39 is 24.2 Å². The first kappa shape index (κ1) is 33.3. The fourth-order valence-corrected chi connectivity index (χ4v) is 7.10. The normalized spacial score (nSPS) is 22.9. The Bertz CT molecular complexity index is 1100. The largest absolute Gasteiger partial charge is 0.493 e. The number of hydrogen-bond donors (Lipinski definition) is 4. The number of unbranched alkanes of at least 4 members (excludes halogenated alkanes) is 8. The van der Waals surface area contributed by atoms with E-state index in [1.165, 1.54) is 45.6 Å². The van der Waals surface area contributed by atoms with Gasteiger partial charge in [-0.2, -0.15) is 0 Å². The summed E-state index contributed by atoms with van der Waals surface area (Å²) in [5.41, 5.74) is 1.66. The van der Waals surface area contributed by atoms with Crippen molar-refractivity contribution in [1.29, 1.82) is 0 Å². The van der Waals surface area contributed by atoms with Gasteiger partial charge in [-0.25, -0.2) is 0 Å². The van der Waals surface area contributed by atoms with Crippen molar-refractivity contribution in [1.82, 2.24) is 10.2 Å². The number of ether oxygens (including phenoxy) is 2. The zero-order valence-corrected chi connectivity index (χ0v) is 26.1. The van der Waals surface area contributed by atoms with E-state index in [1.54, 1.807) is 18.2 Å². The zero-order chi connectivity index (χ0) is 30.8. The van der Waals surface area contributed by atoms with Gasteiger partial charge in [0.05, 0.1) is 32.3 Å². The van der Waals surface area contributed by atoms with E-state index in [1.807, 2.05) is 4.90 Å². The van der Waals surface area contributed by atoms with Crippen molar-refractivity contribution in [3.05, 3.63) is 34.9 Å². The highest BCUT2D eigenvalue weighted by molar-refractivity contribution is 5.96. The summed E-state index contributed by atoms with van der Waals surface area (Å²) >= 11 is 0. The molecule has 9 nitrogen and oxygen atoms in total. The third-order valence-electron chi connectivity index (χ3n) is 9.32. The minimum Gasteiger partial charge on any atom is -0.493 e. The average molecular weight is 601 g/mol. The van der Waals surface area contributed by atoms with Crippen molar-refractivity contribution in [2.75, 3.05) is 20.3 Å². The number of carbonyl (C=O) groups excluding carboxylic acids is 2. The number of nitrogens with zero attached hydrogens (tertiary/aromatic N) is 1. The number of benzene rings is 1. The maximum absolute atomic E-state index is 13.9. The van der Waals surface area contributed by atoms with Gasteiger partial charge in [-0.3, -0.25) is 9.59 Å². The standard InChI is InChI=1S/C34H52N2O7/c1-3-4-5-6-7-8-9-10-11-16-29(39)36(24-14-12-13-15-24)27-21-26(34(41)35-17-18-37)30-25-19-23(22-38)20-28(42-2)32(25)43-33(30)31(27)40/h19-21,24,27,30-31,33,37-38,40H,3-18,22H2,1-2H3,(H,35,41). The van der Waals surface area contributed by atoms with Crippen molar-refractivity contribution >= 4 is 11.8 Å². The molecule has 0 spiro atoms. The number of hydrogen-bond acceptors (Lipinski definition) is 7. The molecule has 4 atom stereocenters. The van der Waals surface area contributed by atoms with Crippen molar-refractivity contribution in [3.63, 3.8) is 0 Å².